The molecule has 0 unspecified atom stereocenters. The van der Waals surface area contributed by atoms with E-state index in [-0.39, 0.29) is 11.6 Å². The SMILES string of the molecule is C=C(C#N)CNc1c(OC)ccc2ccc(-c3ccc(N)c(C(=O)NCC)n3)cc12. The predicted molar refractivity (Wildman–Crippen MR) is 119 cm³/mol. The van der Waals surface area contributed by atoms with E-state index in [4.69, 9.17) is 15.7 Å². The molecule has 7 nitrogen and oxygen atoms in total. The van der Waals surface area contributed by atoms with Crippen LogP contribution in [-0.2, 0) is 0 Å². The summed E-state index contributed by atoms with van der Waals surface area (Å²) >= 11 is 0. The van der Waals surface area contributed by atoms with Crippen LogP contribution in [0.15, 0.2) is 54.6 Å². The Morgan fingerprint density at radius 2 is 2.03 bits per heavy atom. The second-order valence-electron chi connectivity index (χ2n) is 6.64. The van der Waals surface area contributed by atoms with E-state index in [0.717, 1.165) is 22.0 Å². The highest BCUT2D eigenvalue weighted by Gasteiger charge is 2.14. The van der Waals surface area contributed by atoms with Crippen molar-refractivity contribution in [3.8, 4) is 23.1 Å². The van der Waals surface area contributed by atoms with E-state index in [2.05, 4.69) is 22.2 Å². The Morgan fingerprint density at radius 1 is 1.27 bits per heavy atom. The monoisotopic (exact) mass is 401 g/mol. The van der Waals surface area contributed by atoms with Gasteiger partial charge in [0.1, 0.15) is 5.75 Å². The summed E-state index contributed by atoms with van der Waals surface area (Å²) in [6.07, 6.45) is 0. The Hall–Kier alpha value is -4.05. The number of anilines is 2. The minimum absolute atomic E-state index is 0.198. The van der Waals surface area contributed by atoms with Gasteiger partial charge in [0, 0.05) is 29.6 Å². The molecule has 0 fully saturated rings. The zero-order valence-corrected chi connectivity index (χ0v) is 17.0. The molecule has 0 radical (unpaired) electrons. The molecule has 0 saturated heterocycles. The maximum absolute atomic E-state index is 12.3. The van der Waals surface area contributed by atoms with Gasteiger partial charge in [0.15, 0.2) is 5.69 Å². The van der Waals surface area contributed by atoms with Crippen molar-refractivity contribution >= 4 is 28.1 Å². The minimum Gasteiger partial charge on any atom is -0.495 e. The first-order valence-electron chi connectivity index (χ1n) is 9.46. The number of nitrogens with one attached hydrogen (secondary N) is 2. The Kier molecular flexibility index (Phi) is 6.18. The van der Waals surface area contributed by atoms with Crippen molar-refractivity contribution < 1.29 is 9.53 Å². The zero-order chi connectivity index (χ0) is 21.7. The number of carbonyl (C=O) groups is 1. The fourth-order valence-corrected chi connectivity index (χ4v) is 3.10. The number of fused-ring (bicyclic) bond motifs is 1. The van der Waals surface area contributed by atoms with Gasteiger partial charge in [0.05, 0.1) is 30.2 Å². The van der Waals surface area contributed by atoms with Crippen molar-refractivity contribution in [2.45, 2.75) is 6.92 Å². The molecule has 0 spiro atoms. The van der Waals surface area contributed by atoms with Crippen LogP contribution in [0, 0.1) is 11.3 Å². The summed E-state index contributed by atoms with van der Waals surface area (Å²) < 4.78 is 5.50. The minimum atomic E-state index is -0.309. The molecule has 0 bridgehead atoms. The molecule has 3 rings (SSSR count). The number of methoxy groups -OCH3 is 1. The van der Waals surface area contributed by atoms with Crippen LogP contribution in [0.4, 0.5) is 11.4 Å². The normalized spacial score (nSPS) is 10.3. The van der Waals surface area contributed by atoms with Gasteiger partial charge in [-0.05, 0) is 36.6 Å². The molecule has 1 heterocycles. The number of nitrogens with two attached hydrogens (primary N) is 1. The third kappa shape index (κ3) is 4.18. The van der Waals surface area contributed by atoms with E-state index in [1.807, 2.05) is 43.3 Å². The number of nitriles is 1. The Labute approximate surface area is 175 Å². The standard InChI is InChI=1S/C23H23N5O2/c1-4-26-23(29)22-18(25)8-9-19(28-22)16-6-5-15-7-10-20(30-3)21(17(15)11-16)27-13-14(2)12-24/h5-11,27H,2,4,13,25H2,1,3H3,(H,26,29). The van der Waals surface area contributed by atoms with E-state index in [1.54, 1.807) is 19.2 Å². The number of hydrogen-bond acceptors (Lipinski definition) is 6. The van der Waals surface area contributed by atoms with Crippen LogP contribution in [0.3, 0.4) is 0 Å². The number of ether oxygens (including phenoxy) is 1. The average Bonchev–Trinajstić information content (AvgIpc) is 2.77. The second kappa shape index (κ2) is 8.97. The third-order valence-corrected chi connectivity index (χ3v) is 4.61. The number of nitrogens with zero attached hydrogens (tertiary/aromatic N) is 2. The highest BCUT2D eigenvalue weighted by molar-refractivity contribution is 6.00. The van der Waals surface area contributed by atoms with Crippen LogP contribution in [0.1, 0.15) is 17.4 Å². The van der Waals surface area contributed by atoms with E-state index >= 15 is 0 Å². The number of benzene rings is 2. The topological polar surface area (TPSA) is 113 Å². The fourth-order valence-electron chi connectivity index (χ4n) is 3.10. The van der Waals surface area contributed by atoms with Crippen LogP contribution in [0.5, 0.6) is 5.75 Å². The number of aromatic nitrogens is 1. The van der Waals surface area contributed by atoms with Crippen molar-refractivity contribution in [1.29, 1.82) is 5.26 Å². The Morgan fingerprint density at radius 3 is 2.73 bits per heavy atom. The van der Waals surface area contributed by atoms with Gasteiger partial charge < -0.3 is 21.1 Å². The molecular weight excluding hydrogens is 378 g/mol. The lowest BCUT2D eigenvalue weighted by atomic mass is 10.0. The maximum atomic E-state index is 12.3. The number of rotatable bonds is 7. The third-order valence-electron chi connectivity index (χ3n) is 4.61. The quantitative estimate of drug-likeness (QED) is 0.520. The summed E-state index contributed by atoms with van der Waals surface area (Å²) in [7, 11) is 1.59. The largest absolute Gasteiger partial charge is 0.495 e. The van der Waals surface area contributed by atoms with Gasteiger partial charge in [-0.3, -0.25) is 4.79 Å². The lowest BCUT2D eigenvalue weighted by molar-refractivity contribution is 0.0952. The fraction of sp³-hybridized carbons (Fsp3) is 0.174. The number of pyridine rings is 1. The van der Waals surface area contributed by atoms with E-state index in [1.165, 1.54) is 0 Å². The van der Waals surface area contributed by atoms with Crippen LogP contribution >= 0.6 is 0 Å². The van der Waals surface area contributed by atoms with E-state index in [0.29, 0.717) is 35.8 Å². The molecule has 0 atom stereocenters. The van der Waals surface area contributed by atoms with Crippen molar-refractivity contribution in [3.63, 3.8) is 0 Å². The summed E-state index contributed by atoms with van der Waals surface area (Å²) in [6.45, 7) is 6.34. The summed E-state index contributed by atoms with van der Waals surface area (Å²) in [4.78, 5) is 16.7. The Bertz CT molecular complexity index is 1160. The summed E-state index contributed by atoms with van der Waals surface area (Å²) in [5.41, 5.74) is 9.09. The van der Waals surface area contributed by atoms with Crippen LogP contribution < -0.4 is 21.1 Å². The first-order valence-corrected chi connectivity index (χ1v) is 9.46. The molecule has 7 heteroatoms. The predicted octanol–water partition coefficient (Wildman–Crippen LogP) is 3.73. The molecule has 0 aliphatic heterocycles. The van der Waals surface area contributed by atoms with Gasteiger partial charge in [0.25, 0.3) is 5.91 Å². The summed E-state index contributed by atoms with van der Waals surface area (Å²) in [5.74, 6) is 0.343. The second-order valence-corrected chi connectivity index (χ2v) is 6.64. The molecule has 152 valence electrons. The van der Waals surface area contributed by atoms with Crippen molar-refractivity contribution in [1.82, 2.24) is 10.3 Å². The molecule has 0 aliphatic carbocycles. The Balaban J connectivity index is 2.10. The van der Waals surface area contributed by atoms with Crippen LogP contribution in [0.25, 0.3) is 22.0 Å². The molecule has 3 aromatic rings. The van der Waals surface area contributed by atoms with Crippen molar-refractivity contribution in [2.24, 2.45) is 0 Å². The zero-order valence-electron chi connectivity index (χ0n) is 17.0. The van der Waals surface area contributed by atoms with Crippen molar-refractivity contribution in [3.05, 3.63) is 60.3 Å². The van der Waals surface area contributed by atoms with Gasteiger partial charge in [-0.15, -0.1) is 0 Å². The lowest BCUT2D eigenvalue weighted by Gasteiger charge is -2.15. The molecule has 1 aromatic heterocycles. The van der Waals surface area contributed by atoms with Crippen LogP contribution in [0.2, 0.25) is 0 Å². The van der Waals surface area contributed by atoms with E-state index < -0.39 is 0 Å². The number of nitrogen functional groups attached to an aromatic ring is 1. The van der Waals surface area contributed by atoms with Gasteiger partial charge >= 0.3 is 0 Å². The smallest absolute Gasteiger partial charge is 0.272 e. The molecule has 4 N–H and O–H groups in total. The molecule has 0 aliphatic rings. The number of carbonyl (C=O) groups excluding carboxylic acids is 1. The summed E-state index contributed by atoms with van der Waals surface area (Å²) in [6, 6.07) is 15.2. The van der Waals surface area contributed by atoms with Crippen molar-refractivity contribution in [2.75, 3.05) is 31.2 Å². The molecular formula is C23H23N5O2. The first-order chi connectivity index (χ1) is 14.5. The molecule has 0 saturated carbocycles. The number of hydrogen-bond donors (Lipinski definition) is 3. The molecule has 1 amide bonds. The van der Waals surface area contributed by atoms with Gasteiger partial charge in [-0.1, -0.05) is 24.8 Å². The summed E-state index contributed by atoms with van der Waals surface area (Å²) in [5, 5.41) is 16.9. The average molecular weight is 401 g/mol. The first kappa shape index (κ1) is 20.7. The van der Waals surface area contributed by atoms with Gasteiger partial charge in [-0.2, -0.15) is 5.26 Å². The van der Waals surface area contributed by atoms with Gasteiger partial charge in [0.2, 0.25) is 0 Å². The van der Waals surface area contributed by atoms with Crippen LogP contribution in [-0.4, -0.2) is 31.1 Å². The highest BCUT2D eigenvalue weighted by Crippen LogP contribution is 2.35. The number of amides is 1. The maximum Gasteiger partial charge on any atom is 0.272 e. The molecule has 2 aromatic carbocycles. The van der Waals surface area contributed by atoms with Gasteiger partial charge in [-0.25, -0.2) is 4.98 Å². The lowest BCUT2D eigenvalue weighted by Crippen LogP contribution is -2.25. The van der Waals surface area contributed by atoms with E-state index in [9.17, 15) is 4.79 Å². The molecule has 30 heavy (non-hydrogen) atoms. The highest BCUT2D eigenvalue weighted by atomic mass is 16.5.